The van der Waals surface area contributed by atoms with E-state index in [0.717, 1.165) is 25.9 Å². The highest BCUT2D eigenvalue weighted by molar-refractivity contribution is 5.69. The second kappa shape index (κ2) is 3.69. The van der Waals surface area contributed by atoms with Crippen molar-refractivity contribution in [3.63, 3.8) is 0 Å². The summed E-state index contributed by atoms with van der Waals surface area (Å²) in [5.41, 5.74) is 0.486. The van der Waals surface area contributed by atoms with Crippen molar-refractivity contribution >= 4 is 12.0 Å². The lowest BCUT2D eigenvalue weighted by Gasteiger charge is -2.10. The van der Waals surface area contributed by atoms with Gasteiger partial charge in [-0.15, -0.1) is 0 Å². The summed E-state index contributed by atoms with van der Waals surface area (Å²) in [7, 11) is 0. The van der Waals surface area contributed by atoms with E-state index in [0.29, 0.717) is 11.7 Å². The Morgan fingerprint density at radius 3 is 2.93 bits per heavy atom. The monoisotopic (exact) mass is 196 g/mol. The Morgan fingerprint density at radius 2 is 2.29 bits per heavy atom. The van der Waals surface area contributed by atoms with Gasteiger partial charge in [-0.05, 0) is 12.8 Å². The molecule has 0 unspecified atom stereocenters. The first kappa shape index (κ1) is 9.05. The number of carboxylic acids is 1. The molecule has 2 rings (SSSR count). The van der Waals surface area contributed by atoms with Gasteiger partial charge in [-0.25, -0.2) is 0 Å². The number of aromatic nitrogens is 1. The average Bonchev–Trinajstić information content (AvgIpc) is 2.69. The fraction of sp³-hybridized carbons (Fsp3) is 0.556. The van der Waals surface area contributed by atoms with E-state index >= 15 is 0 Å². The van der Waals surface area contributed by atoms with Gasteiger partial charge < -0.3 is 14.4 Å². The molecule has 0 radical (unpaired) electrons. The number of anilines is 1. The van der Waals surface area contributed by atoms with Crippen molar-refractivity contribution in [3.05, 3.63) is 12.0 Å². The number of carbonyl (C=O) groups is 1. The van der Waals surface area contributed by atoms with Crippen LogP contribution < -0.4 is 4.90 Å². The molecular formula is C9H12N2O3. The van der Waals surface area contributed by atoms with Gasteiger partial charge in [-0.1, -0.05) is 0 Å². The minimum Gasteiger partial charge on any atom is -0.481 e. The van der Waals surface area contributed by atoms with Crippen LogP contribution in [-0.4, -0.2) is 29.1 Å². The van der Waals surface area contributed by atoms with Crippen LogP contribution in [0.4, 0.5) is 6.01 Å². The summed E-state index contributed by atoms with van der Waals surface area (Å²) < 4.78 is 5.20. The lowest BCUT2D eigenvalue weighted by molar-refractivity contribution is -0.136. The molecule has 0 bridgehead atoms. The van der Waals surface area contributed by atoms with E-state index in [-0.39, 0.29) is 6.42 Å². The van der Waals surface area contributed by atoms with Crippen LogP contribution in [0.15, 0.2) is 10.7 Å². The van der Waals surface area contributed by atoms with Crippen LogP contribution >= 0.6 is 0 Å². The topological polar surface area (TPSA) is 66.6 Å². The number of rotatable bonds is 3. The molecule has 0 atom stereocenters. The molecule has 0 spiro atoms. The summed E-state index contributed by atoms with van der Waals surface area (Å²) in [6, 6.07) is 0.554. The molecule has 1 aliphatic rings. The van der Waals surface area contributed by atoms with Crippen LogP contribution in [0.2, 0.25) is 0 Å². The number of hydrogen-bond acceptors (Lipinski definition) is 4. The number of oxazole rings is 1. The van der Waals surface area contributed by atoms with E-state index in [1.165, 1.54) is 6.26 Å². The molecule has 76 valence electrons. The lowest BCUT2D eigenvalue weighted by Crippen LogP contribution is -2.17. The third-order valence-corrected chi connectivity index (χ3v) is 2.25. The molecule has 1 saturated heterocycles. The molecule has 1 fully saturated rings. The maximum atomic E-state index is 10.4. The van der Waals surface area contributed by atoms with E-state index in [1.54, 1.807) is 0 Å². The molecule has 1 aliphatic heterocycles. The van der Waals surface area contributed by atoms with Crippen molar-refractivity contribution in [1.29, 1.82) is 0 Å². The van der Waals surface area contributed by atoms with Gasteiger partial charge >= 0.3 is 5.97 Å². The Labute approximate surface area is 81.3 Å². The number of carboxylic acid groups (broad SMARTS) is 1. The normalized spacial score (nSPS) is 16.1. The zero-order valence-corrected chi connectivity index (χ0v) is 7.77. The van der Waals surface area contributed by atoms with Gasteiger partial charge in [0, 0.05) is 13.1 Å². The van der Waals surface area contributed by atoms with Gasteiger partial charge in [-0.2, -0.15) is 4.98 Å². The zero-order chi connectivity index (χ0) is 9.97. The SMILES string of the molecule is O=C(O)Cc1coc(N2CCCC2)n1. The summed E-state index contributed by atoms with van der Waals surface area (Å²) in [5, 5.41) is 8.55. The minimum atomic E-state index is -0.883. The quantitative estimate of drug-likeness (QED) is 0.778. The minimum absolute atomic E-state index is 0.0721. The zero-order valence-electron chi connectivity index (χ0n) is 7.77. The lowest BCUT2D eigenvalue weighted by atomic mass is 10.3. The van der Waals surface area contributed by atoms with Gasteiger partial charge in [0.1, 0.15) is 6.26 Å². The van der Waals surface area contributed by atoms with Crippen LogP contribution in [0.5, 0.6) is 0 Å². The van der Waals surface area contributed by atoms with Crippen molar-refractivity contribution in [1.82, 2.24) is 4.98 Å². The second-order valence-electron chi connectivity index (χ2n) is 3.39. The number of hydrogen-bond donors (Lipinski definition) is 1. The third kappa shape index (κ3) is 1.86. The molecule has 5 nitrogen and oxygen atoms in total. The van der Waals surface area contributed by atoms with E-state index < -0.39 is 5.97 Å². The van der Waals surface area contributed by atoms with Gasteiger partial charge in [0.25, 0.3) is 6.01 Å². The van der Waals surface area contributed by atoms with E-state index in [2.05, 4.69) is 4.98 Å². The third-order valence-electron chi connectivity index (χ3n) is 2.25. The first-order valence-electron chi connectivity index (χ1n) is 4.67. The van der Waals surface area contributed by atoms with Crippen LogP contribution in [-0.2, 0) is 11.2 Å². The molecular weight excluding hydrogens is 184 g/mol. The molecule has 0 saturated carbocycles. The molecule has 0 aromatic carbocycles. The predicted molar refractivity (Wildman–Crippen MR) is 49.3 cm³/mol. The molecule has 1 aromatic rings. The highest BCUT2D eigenvalue weighted by atomic mass is 16.4. The molecule has 0 aliphatic carbocycles. The highest BCUT2D eigenvalue weighted by Gasteiger charge is 2.17. The van der Waals surface area contributed by atoms with Crippen LogP contribution in [0.1, 0.15) is 18.5 Å². The van der Waals surface area contributed by atoms with Gasteiger partial charge in [-0.3, -0.25) is 4.79 Å². The fourth-order valence-electron chi connectivity index (χ4n) is 1.59. The number of aliphatic carboxylic acids is 1. The van der Waals surface area contributed by atoms with Gasteiger partial charge in [0.2, 0.25) is 0 Å². The van der Waals surface area contributed by atoms with E-state index in [1.807, 2.05) is 4.90 Å². The standard InChI is InChI=1S/C9H12N2O3/c12-8(13)5-7-6-14-9(10-7)11-3-1-2-4-11/h6H,1-5H2,(H,12,13). The summed E-state index contributed by atoms with van der Waals surface area (Å²) in [6.45, 7) is 1.90. The van der Waals surface area contributed by atoms with Crippen LogP contribution in [0, 0.1) is 0 Å². The number of nitrogens with zero attached hydrogens (tertiary/aromatic N) is 2. The van der Waals surface area contributed by atoms with Crippen molar-refractivity contribution < 1.29 is 14.3 Å². The predicted octanol–water partition coefficient (Wildman–Crippen LogP) is 0.902. The summed E-state index contributed by atoms with van der Waals surface area (Å²) in [6.07, 6.45) is 3.65. The Bertz CT molecular complexity index is 329. The first-order valence-corrected chi connectivity index (χ1v) is 4.67. The molecule has 5 heteroatoms. The van der Waals surface area contributed by atoms with Crippen LogP contribution in [0.3, 0.4) is 0 Å². The van der Waals surface area contributed by atoms with Crippen molar-refractivity contribution in [2.45, 2.75) is 19.3 Å². The van der Waals surface area contributed by atoms with Crippen LogP contribution in [0.25, 0.3) is 0 Å². The molecule has 14 heavy (non-hydrogen) atoms. The molecule has 1 N–H and O–H groups in total. The summed E-state index contributed by atoms with van der Waals surface area (Å²) in [4.78, 5) is 16.5. The molecule has 1 aromatic heterocycles. The fourth-order valence-corrected chi connectivity index (χ4v) is 1.59. The summed E-state index contributed by atoms with van der Waals surface area (Å²) in [5.74, 6) is -0.883. The maximum Gasteiger partial charge on any atom is 0.309 e. The van der Waals surface area contributed by atoms with Crippen molar-refractivity contribution in [2.75, 3.05) is 18.0 Å². The highest BCUT2D eigenvalue weighted by Crippen LogP contribution is 2.19. The Morgan fingerprint density at radius 1 is 1.57 bits per heavy atom. The van der Waals surface area contributed by atoms with Gasteiger partial charge in [0.05, 0.1) is 12.1 Å². The second-order valence-corrected chi connectivity index (χ2v) is 3.39. The summed E-state index contributed by atoms with van der Waals surface area (Å²) >= 11 is 0. The molecule has 0 amide bonds. The van der Waals surface area contributed by atoms with E-state index in [4.69, 9.17) is 9.52 Å². The maximum absolute atomic E-state index is 10.4. The first-order chi connectivity index (χ1) is 6.75. The van der Waals surface area contributed by atoms with Gasteiger partial charge in [0.15, 0.2) is 0 Å². The molecule has 2 heterocycles. The Balaban J connectivity index is 2.05. The Hall–Kier alpha value is -1.52. The van der Waals surface area contributed by atoms with E-state index in [9.17, 15) is 4.79 Å². The van der Waals surface area contributed by atoms with Crippen molar-refractivity contribution in [2.24, 2.45) is 0 Å². The average molecular weight is 196 g/mol. The largest absolute Gasteiger partial charge is 0.481 e. The smallest absolute Gasteiger partial charge is 0.309 e. The Kier molecular flexibility index (Phi) is 2.39. The van der Waals surface area contributed by atoms with Crippen molar-refractivity contribution in [3.8, 4) is 0 Å².